The summed E-state index contributed by atoms with van der Waals surface area (Å²) in [7, 11) is 0. The molecule has 4 rings (SSSR count). The van der Waals surface area contributed by atoms with Crippen LogP contribution in [0.5, 0.6) is 5.75 Å². The number of aliphatic hydroxyl groups is 5. The Hall–Kier alpha value is -3.65. The molecule has 0 spiro atoms. The van der Waals surface area contributed by atoms with Crippen LogP contribution in [0.4, 0.5) is 0 Å². The van der Waals surface area contributed by atoms with E-state index in [1.807, 2.05) is 32.9 Å². The number of allylic oxidation sites excluding steroid dienone is 4. The summed E-state index contributed by atoms with van der Waals surface area (Å²) in [5, 5.41) is 67.1. The van der Waals surface area contributed by atoms with Gasteiger partial charge in [-0.3, -0.25) is 4.79 Å². The lowest BCUT2D eigenvalue weighted by molar-refractivity contribution is -0.333. The van der Waals surface area contributed by atoms with Crippen LogP contribution in [0.3, 0.4) is 0 Å². The van der Waals surface area contributed by atoms with Crippen LogP contribution in [0.25, 0.3) is 0 Å². The highest BCUT2D eigenvalue weighted by molar-refractivity contribution is 6.38. The number of hydrogen-bond donors (Lipinski definition) is 6. The Morgan fingerprint density at radius 2 is 1.60 bits per heavy atom. The molecule has 1 aromatic carbocycles. The minimum Gasteiger partial charge on any atom is -0.505 e. The topological polar surface area (TPSA) is 237 Å². The zero-order valence-electron chi connectivity index (χ0n) is 42.3. The quantitative estimate of drug-likeness (QED) is 0.0689. The number of hydrogen-bond acceptors (Lipinski definition) is 16. The third kappa shape index (κ3) is 14.3. The zero-order chi connectivity index (χ0) is 52.5. The normalized spacial score (nSPS) is 35.4. The summed E-state index contributed by atoms with van der Waals surface area (Å²) >= 11 is 12.8. The Labute approximate surface area is 421 Å². The largest absolute Gasteiger partial charge is 0.505 e. The number of phenols is 1. The van der Waals surface area contributed by atoms with E-state index in [2.05, 4.69) is 0 Å². The minimum atomic E-state index is -1.58. The fourth-order valence-corrected chi connectivity index (χ4v) is 9.24. The van der Waals surface area contributed by atoms with E-state index in [1.54, 1.807) is 73.6 Å². The number of halogens is 2. The second-order valence-corrected chi connectivity index (χ2v) is 19.8. The van der Waals surface area contributed by atoms with Gasteiger partial charge in [0.05, 0.1) is 41.6 Å². The average Bonchev–Trinajstić information content (AvgIpc) is 3.31. The molecule has 14 atom stereocenters. The molecule has 3 aliphatic rings. The number of benzene rings is 1. The highest BCUT2D eigenvalue weighted by atomic mass is 35.5. The maximum absolute atomic E-state index is 13.9. The molecule has 1 aromatic rings. The fourth-order valence-electron chi connectivity index (χ4n) is 8.68. The molecule has 0 bridgehead atoms. The highest BCUT2D eigenvalue weighted by Gasteiger charge is 2.52. The van der Waals surface area contributed by atoms with Gasteiger partial charge in [-0.1, -0.05) is 86.9 Å². The predicted octanol–water partition coefficient (Wildman–Crippen LogP) is 7.21. The van der Waals surface area contributed by atoms with E-state index >= 15 is 0 Å². The number of phenolic OH excluding ortho intramolecular Hbond substituents is 1. The van der Waals surface area contributed by atoms with Gasteiger partial charge in [-0.25, -0.2) is 9.59 Å². The summed E-state index contributed by atoms with van der Waals surface area (Å²) in [5.74, 6) is -3.97. The molecule has 0 aromatic heterocycles. The van der Waals surface area contributed by atoms with E-state index in [9.17, 15) is 45.0 Å². The molecule has 0 radical (unpaired) electrons. The maximum atomic E-state index is 13.9. The summed E-state index contributed by atoms with van der Waals surface area (Å²) < 4.78 is 42.1. The lowest BCUT2D eigenvalue weighted by Gasteiger charge is -2.47. The van der Waals surface area contributed by atoms with Gasteiger partial charge in [0.15, 0.2) is 24.8 Å². The van der Waals surface area contributed by atoms with Crippen LogP contribution in [0.15, 0.2) is 58.7 Å². The molecule has 2 fully saturated rings. The first-order valence-corrected chi connectivity index (χ1v) is 24.8. The molecule has 392 valence electrons. The van der Waals surface area contributed by atoms with E-state index in [0.29, 0.717) is 28.7 Å². The molecule has 14 unspecified atom stereocenters. The smallest absolute Gasteiger partial charge is 0.342 e. The second-order valence-electron chi connectivity index (χ2n) is 19.1. The molecule has 3 heterocycles. The summed E-state index contributed by atoms with van der Waals surface area (Å²) in [6.45, 7) is 20.0. The SMILES string of the molecule is CCC(=O)OC1C(O)C(O)C(OC2/C(C)=C/C(C)=C/CC(C(C)O)OC(=O)/C(COC3OC(C)C(OC(=O)c4c(O)c(Cl)c(C)c(Cl)c4CC)C(O)C3C)=C/C=C/CC(O)/C(C)=C/C2CC)OC1(C)C. The van der Waals surface area contributed by atoms with Crippen LogP contribution in [0, 0.1) is 18.8 Å². The van der Waals surface area contributed by atoms with Crippen LogP contribution >= 0.6 is 23.2 Å². The van der Waals surface area contributed by atoms with Gasteiger partial charge in [0.2, 0.25) is 0 Å². The summed E-state index contributed by atoms with van der Waals surface area (Å²) in [6.07, 6.45) is -2.62. The number of aliphatic hydroxyl groups excluding tert-OH is 5. The standard InChI is InChI=1S/C52H74Cl2O16/c1-13-32-23-26(5)35(56)19-17-16-18-33(24-64-50-29(8)41(58)46(31(10)65-50)68-49(63)38-34(14-2)39(53)28(7)40(54)42(38)59)48(62)66-36(30(9)55)21-20-25(4)22-27(6)45(32)69-51-44(61)43(60)47(52(11,12)70-51)67-37(57)15-3/h16-18,20,22-23,29-32,35-36,41,43-47,50-51,55-56,58-61H,13-15,19,21,24H2,1-12H3/b17-16+,25-20+,26-23+,27-22+,33-18+. The van der Waals surface area contributed by atoms with Crippen molar-refractivity contribution in [1.82, 2.24) is 0 Å². The average molecular weight is 1030 g/mol. The fraction of sp³-hybridized carbons (Fsp3) is 0.635. The van der Waals surface area contributed by atoms with Crippen molar-refractivity contribution in [2.75, 3.05) is 6.61 Å². The number of ether oxygens (including phenoxy) is 7. The summed E-state index contributed by atoms with van der Waals surface area (Å²) in [5.41, 5.74) is 1.36. The van der Waals surface area contributed by atoms with E-state index in [-0.39, 0.29) is 59.4 Å². The molecule has 6 N–H and O–H groups in total. The monoisotopic (exact) mass is 1020 g/mol. The molecule has 0 saturated carbocycles. The van der Waals surface area contributed by atoms with Crippen LogP contribution < -0.4 is 0 Å². The van der Waals surface area contributed by atoms with Gasteiger partial charge in [0.1, 0.15) is 41.3 Å². The minimum absolute atomic E-state index is 0.0321. The van der Waals surface area contributed by atoms with Crippen LogP contribution in [-0.4, -0.2) is 134 Å². The first-order chi connectivity index (χ1) is 32.8. The molecule has 16 nitrogen and oxygen atoms in total. The van der Waals surface area contributed by atoms with Gasteiger partial charge in [-0.2, -0.15) is 0 Å². The number of rotatable bonds is 12. The zero-order valence-corrected chi connectivity index (χ0v) is 43.8. The van der Waals surface area contributed by atoms with Crippen molar-refractivity contribution in [1.29, 1.82) is 0 Å². The lowest BCUT2D eigenvalue weighted by Crippen LogP contribution is -2.64. The van der Waals surface area contributed by atoms with Crippen LogP contribution in [0.1, 0.15) is 123 Å². The van der Waals surface area contributed by atoms with Crippen molar-refractivity contribution >= 4 is 41.1 Å². The maximum Gasteiger partial charge on any atom is 0.342 e. The first kappa shape index (κ1) is 58.9. The van der Waals surface area contributed by atoms with Gasteiger partial charge in [0, 0.05) is 29.7 Å². The molecule has 0 amide bonds. The van der Waals surface area contributed by atoms with Gasteiger partial charge in [0.25, 0.3) is 0 Å². The van der Waals surface area contributed by atoms with Crippen molar-refractivity contribution in [3.05, 3.63) is 85.5 Å². The van der Waals surface area contributed by atoms with Crippen molar-refractivity contribution in [3.8, 4) is 5.75 Å². The molecule has 3 aliphatic heterocycles. The van der Waals surface area contributed by atoms with E-state index in [4.69, 9.17) is 56.4 Å². The molecule has 70 heavy (non-hydrogen) atoms. The Balaban J connectivity index is 1.59. The molecule has 0 aliphatic carbocycles. The summed E-state index contributed by atoms with van der Waals surface area (Å²) in [6, 6.07) is 0. The van der Waals surface area contributed by atoms with Gasteiger partial charge < -0.3 is 63.8 Å². The molecule has 18 heteroatoms. The number of carbonyl (C=O) groups excluding carboxylic acids is 3. The van der Waals surface area contributed by atoms with Crippen molar-refractivity contribution < 1.29 is 78.2 Å². The van der Waals surface area contributed by atoms with Crippen molar-refractivity contribution in [3.63, 3.8) is 0 Å². The highest BCUT2D eigenvalue weighted by Crippen LogP contribution is 2.41. The Morgan fingerprint density at radius 1 is 0.929 bits per heavy atom. The number of cyclic esters (lactones) is 1. The first-order valence-electron chi connectivity index (χ1n) is 24.0. The lowest BCUT2D eigenvalue weighted by atomic mass is 9.88. The van der Waals surface area contributed by atoms with Gasteiger partial charge in [-0.05, 0) is 103 Å². The number of aromatic hydroxyl groups is 1. The third-order valence-corrected chi connectivity index (χ3v) is 14.1. The third-order valence-electron chi connectivity index (χ3n) is 13.2. The van der Waals surface area contributed by atoms with E-state index in [1.165, 1.54) is 13.0 Å². The number of esters is 3. The second kappa shape index (κ2) is 25.8. The van der Waals surface area contributed by atoms with Crippen molar-refractivity contribution in [2.45, 2.75) is 194 Å². The predicted molar refractivity (Wildman–Crippen MR) is 262 cm³/mol. The molecule has 2 saturated heterocycles. The molecular weight excluding hydrogens is 951 g/mol. The van der Waals surface area contributed by atoms with Crippen LogP contribution in [-0.2, 0) is 49.2 Å². The Kier molecular flexibility index (Phi) is 21.7. The summed E-state index contributed by atoms with van der Waals surface area (Å²) in [4.78, 5) is 39.7. The van der Waals surface area contributed by atoms with Crippen LogP contribution in [0.2, 0.25) is 10.0 Å². The van der Waals surface area contributed by atoms with E-state index in [0.717, 1.165) is 5.57 Å². The van der Waals surface area contributed by atoms with Crippen molar-refractivity contribution in [2.24, 2.45) is 11.8 Å². The van der Waals surface area contributed by atoms with E-state index < -0.39 is 109 Å². The van der Waals surface area contributed by atoms with Gasteiger partial charge >= 0.3 is 17.9 Å². The Morgan fingerprint density at radius 3 is 2.21 bits per heavy atom. The van der Waals surface area contributed by atoms with Gasteiger partial charge in [-0.15, -0.1) is 0 Å². The Bertz CT molecular complexity index is 2160. The molecular formula is C52H74Cl2O16. The number of carbonyl (C=O) groups is 3.